The average Bonchev–Trinajstić information content (AvgIpc) is 2.26. The summed E-state index contributed by atoms with van der Waals surface area (Å²) in [6.45, 7) is 7.18. The quantitative estimate of drug-likeness (QED) is 0.721. The van der Waals surface area contributed by atoms with Gasteiger partial charge in [0.15, 0.2) is 0 Å². The topological polar surface area (TPSA) is 32.3 Å². The Balaban J connectivity index is 2.32. The number of carbonyl (C=O) groups is 1. The Hall–Kier alpha value is -0.730. The highest BCUT2D eigenvalue weighted by molar-refractivity contribution is 5.74. The third-order valence-electron chi connectivity index (χ3n) is 3.19. The van der Waals surface area contributed by atoms with E-state index in [1.54, 1.807) is 0 Å². The van der Waals surface area contributed by atoms with E-state index >= 15 is 0 Å². The fourth-order valence-electron chi connectivity index (χ4n) is 2.08. The van der Waals surface area contributed by atoms with Crippen LogP contribution in [0.4, 0.5) is 4.79 Å². The van der Waals surface area contributed by atoms with Gasteiger partial charge in [0.25, 0.3) is 0 Å². The van der Waals surface area contributed by atoms with Crippen molar-refractivity contribution in [3.05, 3.63) is 0 Å². The molecular weight excluding hydrogens is 188 g/mol. The minimum Gasteiger partial charge on any atom is -0.338 e. The van der Waals surface area contributed by atoms with Crippen LogP contribution in [0.3, 0.4) is 0 Å². The second kappa shape index (κ2) is 6.70. The lowest BCUT2D eigenvalue weighted by atomic mass is 9.98. The lowest BCUT2D eigenvalue weighted by Crippen LogP contribution is -2.48. The molecule has 15 heavy (non-hydrogen) atoms. The summed E-state index contributed by atoms with van der Waals surface area (Å²) in [5.74, 6) is 0.689. The molecule has 0 saturated carbocycles. The standard InChI is InChI=1S/C12H24N2O/c1-3-5-7-11(4-2)10-14-9-6-8-13-12(14)15/h11H,3-10H2,1-2H3,(H,13,15). The van der Waals surface area contributed by atoms with E-state index in [0.717, 1.165) is 26.1 Å². The molecule has 0 spiro atoms. The first kappa shape index (κ1) is 12.3. The van der Waals surface area contributed by atoms with Crippen molar-refractivity contribution in [3.63, 3.8) is 0 Å². The second-order valence-electron chi connectivity index (χ2n) is 4.45. The summed E-state index contributed by atoms with van der Waals surface area (Å²) >= 11 is 0. The van der Waals surface area contributed by atoms with Crippen molar-refractivity contribution >= 4 is 6.03 Å². The Labute approximate surface area is 93.2 Å². The van der Waals surface area contributed by atoms with Gasteiger partial charge >= 0.3 is 6.03 Å². The number of rotatable bonds is 6. The van der Waals surface area contributed by atoms with Gasteiger partial charge in [0.05, 0.1) is 0 Å². The van der Waals surface area contributed by atoms with E-state index < -0.39 is 0 Å². The van der Waals surface area contributed by atoms with Gasteiger partial charge in [0, 0.05) is 19.6 Å². The largest absolute Gasteiger partial charge is 0.338 e. The molecule has 3 nitrogen and oxygen atoms in total. The number of unbranched alkanes of at least 4 members (excludes halogenated alkanes) is 1. The van der Waals surface area contributed by atoms with Gasteiger partial charge in [-0.2, -0.15) is 0 Å². The maximum absolute atomic E-state index is 11.5. The van der Waals surface area contributed by atoms with Crippen molar-refractivity contribution in [2.24, 2.45) is 5.92 Å². The molecule has 2 amide bonds. The molecule has 0 aromatic carbocycles. The van der Waals surface area contributed by atoms with E-state index in [1.807, 2.05) is 4.90 Å². The van der Waals surface area contributed by atoms with Gasteiger partial charge in [-0.05, 0) is 18.8 Å². The van der Waals surface area contributed by atoms with Crippen LogP contribution in [-0.4, -0.2) is 30.6 Å². The molecule has 0 aliphatic carbocycles. The molecule has 1 fully saturated rings. The van der Waals surface area contributed by atoms with Gasteiger partial charge in [-0.15, -0.1) is 0 Å². The van der Waals surface area contributed by atoms with Crippen LogP contribution in [0.1, 0.15) is 46.0 Å². The van der Waals surface area contributed by atoms with Gasteiger partial charge in [-0.1, -0.05) is 33.1 Å². The Bertz CT molecular complexity index is 194. The maximum atomic E-state index is 11.5. The minimum absolute atomic E-state index is 0.135. The van der Waals surface area contributed by atoms with Crippen LogP contribution in [0, 0.1) is 5.92 Å². The van der Waals surface area contributed by atoms with Crippen LogP contribution < -0.4 is 5.32 Å². The molecule has 1 N–H and O–H groups in total. The summed E-state index contributed by atoms with van der Waals surface area (Å²) in [6, 6.07) is 0.135. The normalized spacial score (nSPS) is 18.8. The van der Waals surface area contributed by atoms with E-state index in [9.17, 15) is 4.79 Å². The second-order valence-corrected chi connectivity index (χ2v) is 4.45. The van der Waals surface area contributed by atoms with Crippen molar-refractivity contribution in [3.8, 4) is 0 Å². The van der Waals surface area contributed by atoms with Crippen molar-refractivity contribution in [2.75, 3.05) is 19.6 Å². The molecule has 0 aromatic heterocycles. The molecule has 1 atom stereocenters. The predicted octanol–water partition coefficient (Wildman–Crippen LogP) is 2.62. The highest BCUT2D eigenvalue weighted by atomic mass is 16.2. The number of nitrogens with one attached hydrogen (secondary N) is 1. The first-order chi connectivity index (χ1) is 7.27. The number of hydrogen-bond donors (Lipinski definition) is 1. The Morgan fingerprint density at radius 1 is 1.47 bits per heavy atom. The summed E-state index contributed by atoms with van der Waals surface area (Å²) in [6.07, 6.45) is 6.08. The molecule has 88 valence electrons. The summed E-state index contributed by atoms with van der Waals surface area (Å²) in [5.41, 5.74) is 0. The summed E-state index contributed by atoms with van der Waals surface area (Å²) in [7, 11) is 0. The van der Waals surface area contributed by atoms with Crippen LogP contribution in [0.2, 0.25) is 0 Å². The fraction of sp³-hybridized carbons (Fsp3) is 0.917. The van der Waals surface area contributed by atoms with E-state index in [-0.39, 0.29) is 6.03 Å². The van der Waals surface area contributed by atoms with Crippen molar-refractivity contribution in [1.82, 2.24) is 10.2 Å². The average molecular weight is 212 g/mol. The zero-order valence-electron chi connectivity index (χ0n) is 10.1. The van der Waals surface area contributed by atoms with Crippen LogP contribution in [0.5, 0.6) is 0 Å². The predicted molar refractivity (Wildman–Crippen MR) is 62.9 cm³/mol. The lowest BCUT2D eigenvalue weighted by molar-refractivity contribution is 0.172. The van der Waals surface area contributed by atoms with Crippen LogP contribution in [-0.2, 0) is 0 Å². The Morgan fingerprint density at radius 3 is 2.87 bits per heavy atom. The van der Waals surface area contributed by atoms with E-state index in [0.29, 0.717) is 5.92 Å². The maximum Gasteiger partial charge on any atom is 0.317 e. The van der Waals surface area contributed by atoms with Gasteiger partial charge in [-0.25, -0.2) is 4.79 Å². The smallest absolute Gasteiger partial charge is 0.317 e. The monoisotopic (exact) mass is 212 g/mol. The minimum atomic E-state index is 0.135. The highest BCUT2D eigenvalue weighted by Gasteiger charge is 2.20. The fourth-order valence-corrected chi connectivity index (χ4v) is 2.08. The van der Waals surface area contributed by atoms with Gasteiger partial charge < -0.3 is 10.2 Å². The number of urea groups is 1. The molecule has 3 heteroatoms. The molecule has 1 unspecified atom stereocenters. The lowest BCUT2D eigenvalue weighted by Gasteiger charge is -2.30. The van der Waals surface area contributed by atoms with Crippen molar-refractivity contribution in [2.45, 2.75) is 46.0 Å². The molecule has 1 saturated heterocycles. The molecule has 1 heterocycles. The zero-order chi connectivity index (χ0) is 11.1. The first-order valence-corrected chi connectivity index (χ1v) is 6.30. The third kappa shape index (κ3) is 4.10. The number of carbonyl (C=O) groups excluding carboxylic acids is 1. The summed E-state index contributed by atoms with van der Waals surface area (Å²) in [5, 5.41) is 2.90. The zero-order valence-corrected chi connectivity index (χ0v) is 10.1. The summed E-state index contributed by atoms with van der Waals surface area (Å²) < 4.78 is 0. The Morgan fingerprint density at radius 2 is 2.27 bits per heavy atom. The summed E-state index contributed by atoms with van der Waals surface area (Å²) in [4.78, 5) is 13.5. The highest BCUT2D eigenvalue weighted by Crippen LogP contribution is 2.15. The van der Waals surface area contributed by atoms with E-state index in [4.69, 9.17) is 0 Å². The molecule has 1 aliphatic heterocycles. The van der Waals surface area contributed by atoms with E-state index in [1.165, 1.54) is 25.7 Å². The molecule has 0 aromatic rings. The first-order valence-electron chi connectivity index (χ1n) is 6.30. The van der Waals surface area contributed by atoms with Crippen molar-refractivity contribution < 1.29 is 4.79 Å². The third-order valence-corrected chi connectivity index (χ3v) is 3.19. The molecular formula is C12H24N2O. The molecule has 1 rings (SSSR count). The molecule has 0 bridgehead atoms. The number of amides is 2. The van der Waals surface area contributed by atoms with Crippen LogP contribution in [0.15, 0.2) is 0 Å². The number of hydrogen-bond acceptors (Lipinski definition) is 1. The van der Waals surface area contributed by atoms with E-state index in [2.05, 4.69) is 19.2 Å². The van der Waals surface area contributed by atoms with Crippen LogP contribution in [0.25, 0.3) is 0 Å². The molecule has 1 aliphatic rings. The van der Waals surface area contributed by atoms with Gasteiger partial charge in [-0.3, -0.25) is 0 Å². The number of nitrogens with zero attached hydrogens (tertiary/aromatic N) is 1. The van der Waals surface area contributed by atoms with Crippen molar-refractivity contribution in [1.29, 1.82) is 0 Å². The van der Waals surface area contributed by atoms with Gasteiger partial charge in [0.2, 0.25) is 0 Å². The SMILES string of the molecule is CCCCC(CC)CN1CCCNC1=O. The van der Waals surface area contributed by atoms with Crippen LogP contribution >= 0.6 is 0 Å². The molecule has 0 radical (unpaired) electrons. The van der Waals surface area contributed by atoms with Gasteiger partial charge in [0.1, 0.15) is 0 Å². The Kier molecular flexibility index (Phi) is 5.51.